The first-order valence-corrected chi connectivity index (χ1v) is 14.3. The van der Waals surface area contributed by atoms with Crippen molar-refractivity contribution in [2.75, 3.05) is 11.9 Å². The number of nitrogens with one attached hydrogen (secondary N) is 2. The van der Waals surface area contributed by atoms with Gasteiger partial charge >= 0.3 is 12.2 Å². The highest BCUT2D eigenvalue weighted by Gasteiger charge is 2.37. The number of aliphatic hydroxyl groups is 1. The number of nitrogens with zero attached hydrogens (tertiary/aromatic N) is 2. The van der Waals surface area contributed by atoms with Gasteiger partial charge in [0.25, 0.3) is 23.6 Å². The fourth-order valence-corrected chi connectivity index (χ4v) is 5.35. The molecule has 0 spiro atoms. The lowest BCUT2D eigenvalue weighted by molar-refractivity contribution is -0.198. The third-order valence-corrected chi connectivity index (χ3v) is 7.56. The van der Waals surface area contributed by atoms with Crippen LogP contribution in [-0.2, 0) is 41.7 Å². The lowest BCUT2D eigenvalue weighted by Crippen LogP contribution is -2.37. The molecule has 44 heavy (non-hydrogen) atoms. The van der Waals surface area contributed by atoms with Crippen molar-refractivity contribution < 1.29 is 48.3 Å². The smallest absolute Gasteiger partial charge is 0.493 e. The van der Waals surface area contributed by atoms with Gasteiger partial charge in [0.2, 0.25) is 0 Å². The van der Waals surface area contributed by atoms with Gasteiger partial charge in [-0.15, -0.1) is 0 Å². The van der Waals surface area contributed by atoms with E-state index in [-0.39, 0.29) is 54.0 Å². The number of aliphatic hydroxyl groups excluding tert-OH is 1. The summed E-state index contributed by atoms with van der Waals surface area (Å²) < 4.78 is 5.70. The first-order valence-electron chi connectivity index (χ1n) is 14.3. The van der Waals surface area contributed by atoms with Gasteiger partial charge in [0.05, 0.1) is 18.8 Å². The standard InChI is InChI=1S/C21H24N2O3.C9H8N2O7/c1-13-5-8-20-17(11-13)19(9-10-26-20)23-21(25)22-18-4-2-3-14-6-7-15(24)12-16(14)18;12-5-1-2-6(13)10(5)17-9(16)18-11-7(14)3-4-8(11)15/h2-5,8,11,15,19,24H,6-7,9-10,12H2,1H3,(H2,22,23,25);1-4H2. The lowest BCUT2D eigenvalue weighted by atomic mass is 9.88. The third kappa shape index (κ3) is 6.97. The van der Waals surface area contributed by atoms with E-state index in [1.807, 2.05) is 31.2 Å². The van der Waals surface area contributed by atoms with Crippen LogP contribution in [-0.4, -0.2) is 63.8 Å². The molecule has 0 bridgehead atoms. The molecule has 232 valence electrons. The van der Waals surface area contributed by atoms with Gasteiger partial charge in [-0.05, 0) is 43.0 Å². The van der Waals surface area contributed by atoms with Crippen LogP contribution < -0.4 is 15.4 Å². The maximum absolute atomic E-state index is 12.6. The van der Waals surface area contributed by atoms with E-state index in [0.717, 1.165) is 47.4 Å². The molecule has 14 nitrogen and oxygen atoms in total. The largest absolute Gasteiger partial charge is 0.560 e. The van der Waals surface area contributed by atoms with Gasteiger partial charge in [0.15, 0.2) is 0 Å². The topological polar surface area (TPSA) is 181 Å². The van der Waals surface area contributed by atoms with Gasteiger partial charge < -0.3 is 20.5 Å². The molecule has 6 amide bonds. The minimum Gasteiger partial charge on any atom is -0.493 e. The zero-order valence-corrected chi connectivity index (χ0v) is 24.0. The summed E-state index contributed by atoms with van der Waals surface area (Å²) >= 11 is 0. The highest BCUT2D eigenvalue weighted by atomic mass is 16.9. The Morgan fingerprint density at radius 3 is 2.16 bits per heavy atom. The Balaban J connectivity index is 0.000000187. The number of aryl methyl sites for hydroxylation is 2. The van der Waals surface area contributed by atoms with E-state index in [1.54, 1.807) is 0 Å². The van der Waals surface area contributed by atoms with E-state index in [2.05, 4.69) is 32.4 Å². The molecule has 0 aromatic heterocycles. The maximum Gasteiger partial charge on any atom is 0.560 e. The van der Waals surface area contributed by atoms with Crippen molar-refractivity contribution >= 4 is 41.5 Å². The van der Waals surface area contributed by atoms with Crippen LogP contribution in [0.1, 0.15) is 66.8 Å². The molecule has 4 aliphatic rings. The summed E-state index contributed by atoms with van der Waals surface area (Å²) in [6.07, 6.45) is 0.894. The van der Waals surface area contributed by atoms with Gasteiger partial charge in [-0.1, -0.05) is 40.0 Å². The minimum absolute atomic E-state index is 0.0618. The van der Waals surface area contributed by atoms with Gasteiger partial charge in [0.1, 0.15) is 5.75 Å². The van der Waals surface area contributed by atoms with Gasteiger partial charge in [0, 0.05) is 49.8 Å². The number of hydrogen-bond donors (Lipinski definition) is 3. The van der Waals surface area contributed by atoms with E-state index >= 15 is 0 Å². The average Bonchev–Trinajstić information content (AvgIpc) is 3.48. The summed E-state index contributed by atoms with van der Waals surface area (Å²) in [5, 5.41) is 16.5. The highest BCUT2D eigenvalue weighted by Crippen LogP contribution is 2.33. The fraction of sp³-hybridized carbons (Fsp3) is 0.400. The molecule has 2 unspecified atom stereocenters. The second-order valence-corrected chi connectivity index (χ2v) is 10.8. The molecule has 0 saturated carbocycles. The van der Waals surface area contributed by atoms with Crippen molar-refractivity contribution in [1.29, 1.82) is 0 Å². The van der Waals surface area contributed by atoms with Crippen molar-refractivity contribution in [3.63, 3.8) is 0 Å². The molecule has 14 heteroatoms. The van der Waals surface area contributed by atoms with Crippen molar-refractivity contribution in [3.8, 4) is 5.75 Å². The zero-order chi connectivity index (χ0) is 31.4. The van der Waals surface area contributed by atoms with Crippen LogP contribution in [0.2, 0.25) is 0 Å². The monoisotopic (exact) mass is 608 g/mol. The predicted molar refractivity (Wildman–Crippen MR) is 150 cm³/mol. The molecule has 1 aliphatic carbocycles. The van der Waals surface area contributed by atoms with Crippen LogP contribution in [0, 0.1) is 6.92 Å². The molecule has 0 radical (unpaired) electrons. The molecule has 6 rings (SSSR count). The normalized spacial score (nSPS) is 20.6. The highest BCUT2D eigenvalue weighted by molar-refractivity contribution is 6.02. The van der Waals surface area contributed by atoms with Gasteiger partial charge in [-0.25, -0.2) is 4.79 Å². The lowest BCUT2D eigenvalue weighted by Gasteiger charge is -2.28. The number of amides is 6. The second-order valence-electron chi connectivity index (χ2n) is 10.8. The van der Waals surface area contributed by atoms with Crippen LogP contribution in [0.5, 0.6) is 5.75 Å². The molecule has 2 atom stereocenters. The third-order valence-electron chi connectivity index (χ3n) is 7.56. The summed E-state index contributed by atoms with van der Waals surface area (Å²) in [4.78, 5) is 76.9. The van der Waals surface area contributed by atoms with E-state index in [0.29, 0.717) is 13.0 Å². The second kappa shape index (κ2) is 13.1. The summed E-state index contributed by atoms with van der Waals surface area (Å²) in [6.45, 7) is 2.63. The Kier molecular flexibility index (Phi) is 9.09. The maximum atomic E-state index is 12.6. The minimum atomic E-state index is -1.48. The molecular weight excluding hydrogens is 576 g/mol. The average molecular weight is 609 g/mol. The Morgan fingerprint density at radius 1 is 0.886 bits per heavy atom. The van der Waals surface area contributed by atoms with Crippen LogP contribution in [0.4, 0.5) is 15.3 Å². The summed E-state index contributed by atoms with van der Waals surface area (Å²) in [6, 6.07) is 11.7. The van der Waals surface area contributed by atoms with Gasteiger partial charge in [-0.3, -0.25) is 28.9 Å². The Labute approximate surface area is 252 Å². The zero-order valence-electron chi connectivity index (χ0n) is 24.0. The van der Waals surface area contributed by atoms with Crippen molar-refractivity contribution in [2.24, 2.45) is 0 Å². The Hall–Kier alpha value is -4.98. The number of rotatable bonds is 4. The number of ether oxygens (including phenoxy) is 1. The van der Waals surface area contributed by atoms with Crippen molar-refractivity contribution in [3.05, 3.63) is 58.7 Å². The van der Waals surface area contributed by atoms with E-state index in [4.69, 9.17) is 4.74 Å². The summed E-state index contributed by atoms with van der Waals surface area (Å²) in [5.41, 5.74) is 5.21. The number of anilines is 1. The van der Waals surface area contributed by atoms with Crippen LogP contribution in [0.15, 0.2) is 36.4 Å². The number of carbonyl (C=O) groups is 6. The fourth-order valence-electron chi connectivity index (χ4n) is 5.35. The number of hydroxylamine groups is 4. The van der Waals surface area contributed by atoms with Crippen LogP contribution in [0.25, 0.3) is 0 Å². The van der Waals surface area contributed by atoms with Crippen LogP contribution in [0.3, 0.4) is 0 Å². The Bertz CT molecular complexity index is 1440. The summed E-state index contributed by atoms with van der Waals surface area (Å²) in [5.74, 6) is -1.90. The van der Waals surface area contributed by atoms with Crippen LogP contribution >= 0.6 is 0 Å². The number of urea groups is 1. The molecule has 2 aromatic rings. The number of carbonyl (C=O) groups excluding carboxylic acids is 6. The number of benzene rings is 2. The van der Waals surface area contributed by atoms with E-state index in [1.165, 1.54) is 5.56 Å². The molecule has 2 fully saturated rings. The van der Waals surface area contributed by atoms with Gasteiger partial charge in [-0.2, -0.15) is 4.79 Å². The first kappa shape index (κ1) is 30.5. The predicted octanol–water partition coefficient (Wildman–Crippen LogP) is 2.76. The van der Waals surface area contributed by atoms with E-state index in [9.17, 15) is 33.9 Å². The number of imide groups is 2. The van der Waals surface area contributed by atoms with E-state index < -0.39 is 29.8 Å². The Morgan fingerprint density at radius 2 is 1.52 bits per heavy atom. The molecule has 3 heterocycles. The molecule has 2 aromatic carbocycles. The quantitative estimate of drug-likeness (QED) is 0.437. The molecule has 3 aliphatic heterocycles. The molecule has 2 saturated heterocycles. The number of fused-ring (bicyclic) bond motifs is 2. The molecular formula is C30H32N4O10. The number of hydrogen-bond acceptors (Lipinski definition) is 10. The first-order chi connectivity index (χ1) is 21.1. The molecule has 3 N–H and O–H groups in total. The summed E-state index contributed by atoms with van der Waals surface area (Å²) in [7, 11) is 0. The SMILES string of the molecule is Cc1ccc2c(c1)C(NC(=O)Nc1cccc3c1CC(O)CC3)CCO2.O=C(ON1C(=O)CCC1=O)ON1C(=O)CCC1=O. The van der Waals surface area contributed by atoms with Crippen molar-refractivity contribution in [2.45, 2.75) is 70.4 Å². The van der Waals surface area contributed by atoms with Crippen molar-refractivity contribution in [1.82, 2.24) is 15.4 Å².